The second-order valence-electron chi connectivity index (χ2n) is 7.34. The van der Waals surface area contributed by atoms with Crippen molar-refractivity contribution < 1.29 is 0 Å². The summed E-state index contributed by atoms with van der Waals surface area (Å²) >= 11 is 0. The molecule has 2 fully saturated rings. The molecule has 1 saturated heterocycles. The third-order valence-corrected chi connectivity index (χ3v) is 5.50. The van der Waals surface area contributed by atoms with Crippen molar-refractivity contribution in [2.24, 2.45) is 17.3 Å². The Morgan fingerprint density at radius 3 is 2.44 bits per heavy atom. The zero-order valence-electron chi connectivity index (χ0n) is 13.1. The highest BCUT2D eigenvalue weighted by Gasteiger charge is 2.48. The van der Waals surface area contributed by atoms with Crippen molar-refractivity contribution in [3.05, 3.63) is 0 Å². The second kappa shape index (κ2) is 5.50. The lowest BCUT2D eigenvalue weighted by Crippen LogP contribution is -2.29. The molecule has 0 bridgehead atoms. The number of likely N-dealkylation sites (tertiary alicyclic amines) is 1. The van der Waals surface area contributed by atoms with Crippen LogP contribution < -0.4 is 0 Å². The zero-order valence-corrected chi connectivity index (χ0v) is 13.1. The van der Waals surface area contributed by atoms with Crippen LogP contribution in [0.5, 0.6) is 0 Å². The first-order valence-corrected chi connectivity index (χ1v) is 7.82. The van der Waals surface area contributed by atoms with Crippen molar-refractivity contribution in [2.75, 3.05) is 34.2 Å². The third kappa shape index (κ3) is 3.08. The average Bonchev–Trinajstić information content (AvgIpc) is 2.96. The summed E-state index contributed by atoms with van der Waals surface area (Å²) < 4.78 is 0. The summed E-state index contributed by atoms with van der Waals surface area (Å²) in [6, 6.07) is 0.853. The molecule has 3 unspecified atom stereocenters. The van der Waals surface area contributed by atoms with Gasteiger partial charge in [0.25, 0.3) is 0 Å². The van der Waals surface area contributed by atoms with Gasteiger partial charge in [-0.15, -0.1) is 0 Å². The van der Waals surface area contributed by atoms with Gasteiger partial charge in [0.05, 0.1) is 0 Å². The molecule has 1 aliphatic heterocycles. The second-order valence-corrected chi connectivity index (χ2v) is 7.34. The first-order chi connectivity index (χ1) is 8.47. The maximum atomic E-state index is 2.59. The lowest BCUT2D eigenvalue weighted by molar-refractivity contribution is 0.205. The minimum Gasteiger partial charge on any atom is -0.309 e. The van der Waals surface area contributed by atoms with Crippen LogP contribution in [0.15, 0.2) is 0 Å². The molecule has 106 valence electrons. The Kier molecular flexibility index (Phi) is 4.38. The first-order valence-electron chi connectivity index (χ1n) is 7.82. The molecule has 18 heavy (non-hydrogen) atoms. The van der Waals surface area contributed by atoms with Gasteiger partial charge in [-0.1, -0.05) is 13.8 Å². The Balaban J connectivity index is 1.83. The highest BCUT2D eigenvalue weighted by atomic mass is 15.2. The predicted octanol–water partition coefficient (Wildman–Crippen LogP) is 3.08. The van der Waals surface area contributed by atoms with E-state index in [4.69, 9.17) is 0 Å². The van der Waals surface area contributed by atoms with Gasteiger partial charge in [-0.2, -0.15) is 0 Å². The Hall–Kier alpha value is -0.0800. The van der Waals surface area contributed by atoms with Gasteiger partial charge in [-0.05, 0) is 70.5 Å². The molecule has 1 saturated carbocycles. The molecule has 0 aromatic carbocycles. The zero-order chi connectivity index (χ0) is 13.3. The number of hydrogen-bond acceptors (Lipinski definition) is 2. The van der Waals surface area contributed by atoms with Crippen molar-refractivity contribution in [1.29, 1.82) is 0 Å². The van der Waals surface area contributed by atoms with E-state index in [2.05, 4.69) is 44.8 Å². The van der Waals surface area contributed by atoms with Crippen molar-refractivity contribution in [2.45, 2.75) is 52.0 Å². The third-order valence-electron chi connectivity index (χ3n) is 5.50. The largest absolute Gasteiger partial charge is 0.309 e. The Bertz CT molecular complexity index is 270. The van der Waals surface area contributed by atoms with E-state index in [0.717, 1.165) is 17.9 Å². The van der Waals surface area contributed by atoms with Crippen molar-refractivity contribution >= 4 is 0 Å². The fourth-order valence-electron chi connectivity index (χ4n) is 4.19. The fraction of sp³-hybridized carbons (Fsp3) is 1.00. The van der Waals surface area contributed by atoms with E-state index in [9.17, 15) is 0 Å². The summed E-state index contributed by atoms with van der Waals surface area (Å²) in [6.45, 7) is 7.48. The molecule has 0 amide bonds. The van der Waals surface area contributed by atoms with Crippen molar-refractivity contribution in [3.63, 3.8) is 0 Å². The fourth-order valence-corrected chi connectivity index (χ4v) is 4.19. The summed E-state index contributed by atoms with van der Waals surface area (Å²) in [5, 5.41) is 0. The number of hydrogen-bond donors (Lipinski definition) is 0. The van der Waals surface area contributed by atoms with Gasteiger partial charge in [0.15, 0.2) is 0 Å². The van der Waals surface area contributed by atoms with E-state index in [1.54, 1.807) is 0 Å². The van der Waals surface area contributed by atoms with Gasteiger partial charge in [0.1, 0.15) is 0 Å². The van der Waals surface area contributed by atoms with E-state index >= 15 is 0 Å². The molecule has 2 rings (SSSR count). The molecule has 3 atom stereocenters. The quantitative estimate of drug-likeness (QED) is 0.717. The first kappa shape index (κ1) is 14.3. The van der Waals surface area contributed by atoms with Crippen molar-refractivity contribution in [1.82, 2.24) is 9.80 Å². The van der Waals surface area contributed by atoms with Crippen LogP contribution in [0, 0.1) is 17.3 Å². The molecule has 0 aromatic rings. The van der Waals surface area contributed by atoms with Crippen LogP contribution in [0.25, 0.3) is 0 Å². The summed E-state index contributed by atoms with van der Waals surface area (Å²) in [4.78, 5) is 4.97. The van der Waals surface area contributed by atoms with E-state index in [-0.39, 0.29) is 0 Å². The maximum Gasteiger partial charge on any atom is 0.00928 e. The molecule has 0 spiro atoms. The molecular formula is C16H32N2. The van der Waals surface area contributed by atoms with E-state index < -0.39 is 0 Å². The Labute approximate surface area is 114 Å². The van der Waals surface area contributed by atoms with E-state index in [1.165, 1.54) is 45.2 Å². The Morgan fingerprint density at radius 2 is 2.00 bits per heavy atom. The molecule has 2 aliphatic rings. The van der Waals surface area contributed by atoms with Crippen molar-refractivity contribution in [3.8, 4) is 0 Å². The van der Waals surface area contributed by atoms with Gasteiger partial charge < -0.3 is 9.80 Å². The highest BCUT2D eigenvalue weighted by molar-refractivity contribution is 4.99. The van der Waals surface area contributed by atoms with Crippen LogP contribution in [0.1, 0.15) is 46.0 Å². The van der Waals surface area contributed by atoms with E-state index in [1.807, 2.05) is 0 Å². The predicted molar refractivity (Wildman–Crippen MR) is 78.8 cm³/mol. The SMILES string of the molecule is CCC1CC(CC(C)C2(CN(C)C)CC2)CN1C. The molecule has 0 radical (unpaired) electrons. The molecule has 2 heteroatoms. The molecule has 2 nitrogen and oxygen atoms in total. The van der Waals surface area contributed by atoms with Crippen LogP contribution in [-0.4, -0.2) is 50.1 Å². The molecule has 1 heterocycles. The highest BCUT2D eigenvalue weighted by Crippen LogP contribution is 2.54. The van der Waals surface area contributed by atoms with Gasteiger partial charge in [0.2, 0.25) is 0 Å². The monoisotopic (exact) mass is 252 g/mol. The summed E-state index contributed by atoms with van der Waals surface area (Å²) in [5.74, 6) is 1.86. The average molecular weight is 252 g/mol. The number of rotatable bonds is 6. The topological polar surface area (TPSA) is 6.48 Å². The number of nitrogens with zero attached hydrogens (tertiary/aromatic N) is 2. The Morgan fingerprint density at radius 1 is 1.33 bits per heavy atom. The smallest absolute Gasteiger partial charge is 0.00928 e. The molecular weight excluding hydrogens is 220 g/mol. The van der Waals surface area contributed by atoms with E-state index in [0.29, 0.717) is 5.41 Å². The normalized spacial score (nSPS) is 33.0. The van der Waals surface area contributed by atoms with Crippen LogP contribution in [-0.2, 0) is 0 Å². The van der Waals surface area contributed by atoms with Crippen LogP contribution in [0.2, 0.25) is 0 Å². The minimum atomic E-state index is 0.673. The lowest BCUT2D eigenvalue weighted by Gasteiger charge is -2.28. The summed E-state index contributed by atoms with van der Waals surface area (Å²) in [7, 11) is 6.76. The lowest BCUT2D eigenvalue weighted by atomic mass is 9.82. The van der Waals surface area contributed by atoms with Gasteiger partial charge >= 0.3 is 0 Å². The van der Waals surface area contributed by atoms with Gasteiger partial charge in [-0.3, -0.25) is 0 Å². The van der Waals surface area contributed by atoms with Crippen LogP contribution in [0.4, 0.5) is 0 Å². The van der Waals surface area contributed by atoms with Gasteiger partial charge in [-0.25, -0.2) is 0 Å². The summed E-state index contributed by atoms with van der Waals surface area (Å²) in [6.07, 6.45) is 7.15. The van der Waals surface area contributed by atoms with Gasteiger partial charge in [0, 0.05) is 19.1 Å². The minimum absolute atomic E-state index is 0.673. The van der Waals surface area contributed by atoms with Crippen LogP contribution >= 0.6 is 0 Å². The summed E-state index contributed by atoms with van der Waals surface area (Å²) in [5.41, 5.74) is 0.673. The maximum absolute atomic E-state index is 2.59. The molecule has 0 aromatic heterocycles. The molecule has 0 N–H and O–H groups in total. The standard InChI is InChI=1S/C16H32N2/c1-6-15-10-14(11-18(15)5)9-13(2)16(7-8-16)12-17(3)4/h13-15H,6-12H2,1-5H3. The molecule has 1 aliphatic carbocycles. The van der Waals surface area contributed by atoms with Crippen LogP contribution in [0.3, 0.4) is 0 Å².